The van der Waals surface area contributed by atoms with Gasteiger partial charge in [-0.3, -0.25) is 4.79 Å². The first kappa shape index (κ1) is 13.4. The molecule has 84 valence electrons. The first-order chi connectivity index (χ1) is 6.16. The van der Waals surface area contributed by atoms with Gasteiger partial charge in [0.05, 0.1) is 13.0 Å². The predicted octanol–water partition coefficient (Wildman–Crippen LogP) is 1.08. The summed E-state index contributed by atoms with van der Waals surface area (Å²) >= 11 is 0. The quantitative estimate of drug-likeness (QED) is 0.694. The number of nitrogens with two attached hydrogens (primary N) is 1. The molecule has 0 saturated carbocycles. The summed E-state index contributed by atoms with van der Waals surface area (Å²) < 4.78 is 10.1. The summed E-state index contributed by atoms with van der Waals surface area (Å²) in [7, 11) is 1.56. The van der Waals surface area contributed by atoms with Gasteiger partial charge in [0.25, 0.3) is 0 Å². The Hall–Kier alpha value is -0.610. The van der Waals surface area contributed by atoms with Crippen LogP contribution in [0.1, 0.15) is 34.1 Å². The highest BCUT2D eigenvalue weighted by Gasteiger charge is 2.26. The minimum absolute atomic E-state index is 0.165. The molecule has 4 heteroatoms. The monoisotopic (exact) mass is 203 g/mol. The number of hydrogen-bond acceptors (Lipinski definition) is 4. The predicted molar refractivity (Wildman–Crippen MR) is 54.9 cm³/mol. The van der Waals surface area contributed by atoms with E-state index in [1.165, 1.54) is 0 Å². The molecule has 2 N–H and O–H groups in total. The number of carbonyl (C=O) groups excluding carboxylic acids is 1. The Labute approximate surface area is 85.8 Å². The zero-order valence-corrected chi connectivity index (χ0v) is 9.72. The summed E-state index contributed by atoms with van der Waals surface area (Å²) in [5, 5.41) is 0. The van der Waals surface area contributed by atoms with Crippen molar-refractivity contribution in [3.63, 3.8) is 0 Å². The van der Waals surface area contributed by atoms with Gasteiger partial charge in [-0.05, 0) is 27.7 Å². The maximum absolute atomic E-state index is 11.4. The largest absolute Gasteiger partial charge is 0.460 e. The van der Waals surface area contributed by atoms with E-state index < -0.39 is 11.1 Å². The molecule has 0 aliphatic heterocycles. The Morgan fingerprint density at radius 1 is 1.29 bits per heavy atom. The summed E-state index contributed by atoms with van der Waals surface area (Å²) in [4.78, 5) is 11.4. The number of hydrogen-bond donors (Lipinski definition) is 1. The van der Waals surface area contributed by atoms with E-state index in [9.17, 15) is 4.79 Å². The fraction of sp³-hybridized carbons (Fsp3) is 0.900. The molecule has 0 heterocycles. The van der Waals surface area contributed by atoms with E-state index in [0.29, 0.717) is 6.61 Å². The Kier molecular flexibility index (Phi) is 4.55. The van der Waals surface area contributed by atoms with Crippen molar-refractivity contribution in [3.05, 3.63) is 0 Å². The molecule has 0 aromatic rings. The summed E-state index contributed by atoms with van der Waals surface area (Å²) in [5.41, 5.74) is 4.71. The van der Waals surface area contributed by atoms with Crippen LogP contribution in [-0.4, -0.2) is 30.8 Å². The van der Waals surface area contributed by atoms with E-state index in [4.69, 9.17) is 15.2 Å². The zero-order chi connectivity index (χ0) is 11.4. The van der Waals surface area contributed by atoms with E-state index in [-0.39, 0.29) is 12.4 Å². The maximum atomic E-state index is 11.4. The van der Waals surface area contributed by atoms with Crippen molar-refractivity contribution in [3.8, 4) is 0 Å². The molecule has 0 amide bonds. The van der Waals surface area contributed by atoms with E-state index >= 15 is 0 Å². The second-order valence-corrected chi connectivity index (χ2v) is 4.85. The Balaban J connectivity index is 4.06. The molecule has 1 atom stereocenters. The molecule has 0 aliphatic rings. The van der Waals surface area contributed by atoms with Crippen LogP contribution in [0.4, 0.5) is 0 Å². The van der Waals surface area contributed by atoms with Crippen molar-refractivity contribution in [2.75, 3.05) is 13.7 Å². The molecule has 14 heavy (non-hydrogen) atoms. The van der Waals surface area contributed by atoms with Crippen LogP contribution < -0.4 is 5.73 Å². The Bertz CT molecular complexity index is 194. The first-order valence-electron chi connectivity index (χ1n) is 4.66. The van der Waals surface area contributed by atoms with Gasteiger partial charge in [-0.15, -0.1) is 0 Å². The molecule has 0 rings (SSSR count). The summed E-state index contributed by atoms with van der Waals surface area (Å²) in [5.74, 6) is -0.292. The first-order valence-corrected chi connectivity index (χ1v) is 4.66. The van der Waals surface area contributed by atoms with Crippen LogP contribution in [0.3, 0.4) is 0 Å². The third-order valence-corrected chi connectivity index (χ3v) is 1.44. The van der Waals surface area contributed by atoms with Crippen LogP contribution in [0.15, 0.2) is 0 Å². The standard InChI is InChI=1S/C10H21NO3/c1-9(2,3)14-8(12)6-10(4,11)7-13-5/h6-7,11H2,1-5H3. The summed E-state index contributed by atoms with van der Waals surface area (Å²) in [6.07, 6.45) is 0.165. The lowest BCUT2D eigenvalue weighted by atomic mass is 10.0. The Morgan fingerprint density at radius 3 is 2.14 bits per heavy atom. The SMILES string of the molecule is COCC(C)(N)CC(=O)OC(C)(C)C. The molecular weight excluding hydrogens is 182 g/mol. The van der Waals surface area contributed by atoms with Crippen molar-refractivity contribution in [1.29, 1.82) is 0 Å². The Morgan fingerprint density at radius 2 is 1.79 bits per heavy atom. The van der Waals surface area contributed by atoms with Crippen LogP contribution in [-0.2, 0) is 14.3 Å². The molecule has 0 spiro atoms. The van der Waals surface area contributed by atoms with Gasteiger partial charge in [0.2, 0.25) is 0 Å². The lowest BCUT2D eigenvalue weighted by Gasteiger charge is -2.25. The van der Waals surface area contributed by atoms with E-state index in [1.54, 1.807) is 14.0 Å². The summed E-state index contributed by atoms with van der Waals surface area (Å²) in [6, 6.07) is 0. The van der Waals surface area contributed by atoms with Crippen molar-refractivity contribution in [2.24, 2.45) is 5.73 Å². The molecule has 0 aromatic heterocycles. The topological polar surface area (TPSA) is 61.5 Å². The fourth-order valence-corrected chi connectivity index (χ4v) is 1.09. The van der Waals surface area contributed by atoms with Crippen LogP contribution in [0, 0.1) is 0 Å². The highest BCUT2D eigenvalue weighted by Crippen LogP contribution is 2.13. The number of rotatable bonds is 4. The second kappa shape index (κ2) is 4.75. The van der Waals surface area contributed by atoms with Crippen LogP contribution >= 0.6 is 0 Å². The van der Waals surface area contributed by atoms with Gasteiger partial charge in [0, 0.05) is 12.6 Å². The lowest BCUT2D eigenvalue weighted by molar-refractivity contribution is -0.156. The molecule has 0 bridgehead atoms. The highest BCUT2D eigenvalue weighted by atomic mass is 16.6. The van der Waals surface area contributed by atoms with Crippen LogP contribution in [0.5, 0.6) is 0 Å². The van der Waals surface area contributed by atoms with Gasteiger partial charge in [0.15, 0.2) is 0 Å². The van der Waals surface area contributed by atoms with Crippen molar-refractivity contribution in [1.82, 2.24) is 0 Å². The zero-order valence-electron chi connectivity index (χ0n) is 9.72. The van der Waals surface area contributed by atoms with Gasteiger partial charge in [-0.1, -0.05) is 0 Å². The molecular formula is C10H21NO3. The number of ether oxygens (including phenoxy) is 2. The van der Waals surface area contributed by atoms with E-state index in [0.717, 1.165) is 0 Å². The van der Waals surface area contributed by atoms with Crippen LogP contribution in [0.25, 0.3) is 0 Å². The third kappa shape index (κ3) is 6.86. The molecule has 0 aromatic carbocycles. The smallest absolute Gasteiger partial charge is 0.308 e. The molecule has 4 nitrogen and oxygen atoms in total. The molecule has 0 aliphatic carbocycles. The molecule has 0 saturated heterocycles. The molecule has 0 fully saturated rings. The number of methoxy groups -OCH3 is 1. The van der Waals surface area contributed by atoms with Gasteiger partial charge in [0.1, 0.15) is 5.60 Å². The van der Waals surface area contributed by atoms with E-state index in [1.807, 2.05) is 20.8 Å². The molecule has 1 unspecified atom stereocenters. The van der Waals surface area contributed by atoms with Crippen molar-refractivity contribution in [2.45, 2.75) is 45.3 Å². The number of carbonyl (C=O) groups is 1. The average molecular weight is 203 g/mol. The van der Waals surface area contributed by atoms with Gasteiger partial charge < -0.3 is 15.2 Å². The normalized spacial score (nSPS) is 16.1. The fourth-order valence-electron chi connectivity index (χ4n) is 1.09. The van der Waals surface area contributed by atoms with Crippen molar-refractivity contribution >= 4 is 5.97 Å². The van der Waals surface area contributed by atoms with Crippen molar-refractivity contribution < 1.29 is 14.3 Å². The minimum Gasteiger partial charge on any atom is -0.460 e. The molecule has 0 radical (unpaired) electrons. The lowest BCUT2D eigenvalue weighted by Crippen LogP contribution is -2.44. The van der Waals surface area contributed by atoms with Gasteiger partial charge in [-0.2, -0.15) is 0 Å². The van der Waals surface area contributed by atoms with E-state index in [2.05, 4.69) is 0 Å². The second-order valence-electron chi connectivity index (χ2n) is 4.85. The van der Waals surface area contributed by atoms with Gasteiger partial charge in [-0.25, -0.2) is 0 Å². The maximum Gasteiger partial charge on any atom is 0.308 e. The summed E-state index contributed by atoms with van der Waals surface area (Å²) in [6.45, 7) is 7.59. The minimum atomic E-state index is -0.656. The highest BCUT2D eigenvalue weighted by molar-refractivity contribution is 5.71. The average Bonchev–Trinajstić information content (AvgIpc) is 1.78. The third-order valence-electron chi connectivity index (χ3n) is 1.44. The number of esters is 1. The van der Waals surface area contributed by atoms with Gasteiger partial charge >= 0.3 is 5.97 Å². The van der Waals surface area contributed by atoms with Crippen LogP contribution in [0.2, 0.25) is 0 Å².